The number of aliphatic hydroxyl groups is 1. The standard InChI is InChI=1S/C15H19F3N2O3/c1-10-4-6-11(7-5-10)19-12(21)9-20(3)13(22)8-14(2,23)15(16,17)18/h4-7,23H,8-9H2,1-3H3,(H,19,21)/t14-/m1/s1. The number of alkyl halides is 3. The molecule has 0 aromatic heterocycles. The van der Waals surface area contributed by atoms with Gasteiger partial charge in [0.15, 0.2) is 5.60 Å². The number of carbonyl (C=O) groups is 2. The zero-order chi connectivity index (χ0) is 17.8. The van der Waals surface area contributed by atoms with Gasteiger partial charge < -0.3 is 15.3 Å². The Bertz CT molecular complexity index is 568. The van der Waals surface area contributed by atoms with Gasteiger partial charge in [0.1, 0.15) is 0 Å². The quantitative estimate of drug-likeness (QED) is 0.867. The monoisotopic (exact) mass is 332 g/mol. The molecule has 2 amide bonds. The normalized spacial score (nSPS) is 14.0. The topological polar surface area (TPSA) is 69.6 Å². The third-order valence-electron chi connectivity index (χ3n) is 3.25. The van der Waals surface area contributed by atoms with Crippen LogP contribution in [-0.2, 0) is 9.59 Å². The van der Waals surface area contributed by atoms with Crippen molar-refractivity contribution in [2.45, 2.75) is 32.0 Å². The summed E-state index contributed by atoms with van der Waals surface area (Å²) in [5.74, 6) is -1.53. The van der Waals surface area contributed by atoms with Gasteiger partial charge >= 0.3 is 6.18 Å². The Morgan fingerprint density at radius 2 is 1.74 bits per heavy atom. The number of hydrogen-bond donors (Lipinski definition) is 2. The largest absolute Gasteiger partial charge is 0.417 e. The second-order valence-electron chi connectivity index (χ2n) is 5.61. The smallest absolute Gasteiger partial charge is 0.380 e. The van der Waals surface area contributed by atoms with Crippen LogP contribution in [0.15, 0.2) is 24.3 Å². The van der Waals surface area contributed by atoms with Gasteiger partial charge in [-0.25, -0.2) is 0 Å². The van der Waals surface area contributed by atoms with Gasteiger partial charge in [-0.2, -0.15) is 13.2 Å². The molecule has 1 aromatic carbocycles. The minimum absolute atomic E-state index is 0.416. The van der Waals surface area contributed by atoms with Crippen LogP contribution in [0.1, 0.15) is 18.9 Å². The van der Waals surface area contributed by atoms with E-state index in [4.69, 9.17) is 0 Å². The maximum Gasteiger partial charge on any atom is 0.417 e. The van der Waals surface area contributed by atoms with Gasteiger partial charge in [-0.15, -0.1) is 0 Å². The summed E-state index contributed by atoms with van der Waals surface area (Å²) < 4.78 is 37.6. The molecule has 128 valence electrons. The molecule has 0 aliphatic rings. The fourth-order valence-electron chi connectivity index (χ4n) is 1.67. The van der Waals surface area contributed by atoms with Crippen molar-refractivity contribution in [2.75, 3.05) is 18.9 Å². The van der Waals surface area contributed by atoms with Crippen LogP contribution in [0.2, 0.25) is 0 Å². The number of carbonyl (C=O) groups excluding carboxylic acids is 2. The zero-order valence-electron chi connectivity index (χ0n) is 13.1. The first-order valence-electron chi connectivity index (χ1n) is 6.82. The first-order valence-corrected chi connectivity index (χ1v) is 6.82. The number of likely N-dealkylation sites (N-methyl/N-ethyl adjacent to an activating group) is 1. The molecule has 1 rings (SSSR count). The van der Waals surface area contributed by atoms with E-state index in [-0.39, 0.29) is 0 Å². The molecule has 8 heteroatoms. The maximum absolute atomic E-state index is 12.5. The molecule has 1 atom stereocenters. The molecule has 0 spiro atoms. The van der Waals surface area contributed by atoms with Gasteiger partial charge in [-0.3, -0.25) is 9.59 Å². The van der Waals surface area contributed by atoms with Crippen LogP contribution < -0.4 is 5.32 Å². The van der Waals surface area contributed by atoms with E-state index < -0.39 is 36.6 Å². The molecule has 0 radical (unpaired) electrons. The van der Waals surface area contributed by atoms with Crippen molar-refractivity contribution >= 4 is 17.5 Å². The molecule has 0 heterocycles. The van der Waals surface area contributed by atoms with Crippen molar-refractivity contribution in [1.82, 2.24) is 4.90 Å². The summed E-state index contributed by atoms with van der Waals surface area (Å²) >= 11 is 0. The third kappa shape index (κ3) is 5.55. The van der Waals surface area contributed by atoms with Gasteiger partial charge in [0.05, 0.1) is 13.0 Å². The SMILES string of the molecule is Cc1ccc(NC(=O)CN(C)C(=O)C[C@@](C)(O)C(F)(F)F)cc1. The summed E-state index contributed by atoms with van der Waals surface area (Å²) in [7, 11) is 1.20. The lowest BCUT2D eigenvalue weighted by Crippen LogP contribution is -2.47. The van der Waals surface area contributed by atoms with Crippen LogP contribution in [-0.4, -0.2) is 47.2 Å². The summed E-state index contributed by atoms with van der Waals surface area (Å²) in [4.78, 5) is 24.3. The van der Waals surface area contributed by atoms with Crippen molar-refractivity contribution in [3.63, 3.8) is 0 Å². The first-order chi connectivity index (χ1) is 10.4. The van der Waals surface area contributed by atoms with E-state index in [0.717, 1.165) is 10.5 Å². The van der Waals surface area contributed by atoms with Gasteiger partial charge in [-0.05, 0) is 26.0 Å². The van der Waals surface area contributed by atoms with Crippen molar-refractivity contribution in [1.29, 1.82) is 0 Å². The van der Waals surface area contributed by atoms with Gasteiger partial charge in [-0.1, -0.05) is 17.7 Å². The van der Waals surface area contributed by atoms with Gasteiger partial charge in [0.25, 0.3) is 0 Å². The molecular formula is C15H19F3N2O3. The van der Waals surface area contributed by atoms with Gasteiger partial charge in [0, 0.05) is 12.7 Å². The predicted octanol–water partition coefficient (Wildman–Crippen LogP) is 2.10. The highest BCUT2D eigenvalue weighted by molar-refractivity contribution is 5.94. The number of aryl methyl sites for hydroxylation is 1. The Morgan fingerprint density at radius 1 is 1.22 bits per heavy atom. The molecule has 0 aliphatic carbocycles. The molecular weight excluding hydrogens is 313 g/mol. The summed E-state index contributed by atoms with van der Waals surface area (Å²) in [6, 6.07) is 6.91. The Morgan fingerprint density at radius 3 is 2.22 bits per heavy atom. The van der Waals surface area contributed by atoms with E-state index in [0.29, 0.717) is 12.6 Å². The molecule has 0 aliphatic heterocycles. The van der Waals surface area contributed by atoms with Crippen molar-refractivity contribution < 1.29 is 27.9 Å². The lowest BCUT2D eigenvalue weighted by Gasteiger charge is -2.27. The molecule has 0 unspecified atom stereocenters. The molecule has 0 saturated heterocycles. The third-order valence-corrected chi connectivity index (χ3v) is 3.25. The second-order valence-corrected chi connectivity index (χ2v) is 5.61. The number of rotatable bonds is 5. The van der Waals surface area contributed by atoms with Crippen LogP contribution >= 0.6 is 0 Å². The highest BCUT2D eigenvalue weighted by atomic mass is 19.4. The molecule has 0 saturated carbocycles. The molecule has 23 heavy (non-hydrogen) atoms. The first kappa shape index (κ1) is 19.0. The van der Waals surface area contributed by atoms with Crippen molar-refractivity contribution in [3.8, 4) is 0 Å². The summed E-state index contributed by atoms with van der Waals surface area (Å²) in [6.45, 7) is 1.98. The maximum atomic E-state index is 12.5. The Kier molecular flexibility index (Phi) is 5.76. The summed E-state index contributed by atoms with van der Waals surface area (Å²) in [6.07, 6.45) is -6.07. The van der Waals surface area contributed by atoms with Crippen LogP contribution in [0.25, 0.3) is 0 Å². The second kappa shape index (κ2) is 6.99. The van der Waals surface area contributed by atoms with Gasteiger partial charge in [0.2, 0.25) is 11.8 Å². The average Bonchev–Trinajstić information content (AvgIpc) is 2.39. The Balaban J connectivity index is 2.57. The molecule has 0 fully saturated rings. The van der Waals surface area contributed by atoms with E-state index in [1.54, 1.807) is 24.3 Å². The van der Waals surface area contributed by atoms with Crippen LogP contribution in [0, 0.1) is 6.92 Å². The van der Waals surface area contributed by atoms with E-state index >= 15 is 0 Å². The predicted molar refractivity (Wildman–Crippen MR) is 78.7 cm³/mol. The zero-order valence-corrected chi connectivity index (χ0v) is 13.1. The molecule has 1 aromatic rings. The number of halogens is 3. The molecule has 0 bridgehead atoms. The van der Waals surface area contributed by atoms with Crippen molar-refractivity contribution in [3.05, 3.63) is 29.8 Å². The fourth-order valence-corrected chi connectivity index (χ4v) is 1.67. The number of hydrogen-bond acceptors (Lipinski definition) is 3. The molecule has 2 N–H and O–H groups in total. The number of anilines is 1. The van der Waals surface area contributed by atoms with E-state index in [1.165, 1.54) is 7.05 Å². The average molecular weight is 332 g/mol. The molecule has 5 nitrogen and oxygen atoms in total. The number of nitrogens with zero attached hydrogens (tertiary/aromatic N) is 1. The van der Waals surface area contributed by atoms with Crippen LogP contribution in [0.4, 0.5) is 18.9 Å². The van der Waals surface area contributed by atoms with Crippen molar-refractivity contribution in [2.24, 2.45) is 0 Å². The number of nitrogens with one attached hydrogen (secondary N) is 1. The fraction of sp³-hybridized carbons (Fsp3) is 0.467. The Labute approximate surface area is 132 Å². The van der Waals surface area contributed by atoms with Crippen LogP contribution in [0.3, 0.4) is 0 Å². The van der Waals surface area contributed by atoms with Crippen LogP contribution in [0.5, 0.6) is 0 Å². The highest BCUT2D eigenvalue weighted by Gasteiger charge is 2.51. The van der Waals surface area contributed by atoms with E-state index in [1.807, 2.05) is 6.92 Å². The highest BCUT2D eigenvalue weighted by Crippen LogP contribution is 2.32. The minimum atomic E-state index is -4.92. The van der Waals surface area contributed by atoms with E-state index in [9.17, 15) is 27.9 Å². The van der Waals surface area contributed by atoms with E-state index in [2.05, 4.69) is 5.32 Å². The Hall–Kier alpha value is -2.09. The number of benzene rings is 1. The summed E-state index contributed by atoms with van der Waals surface area (Å²) in [5, 5.41) is 11.8. The number of amides is 2. The lowest BCUT2D eigenvalue weighted by molar-refractivity contribution is -0.254. The summed E-state index contributed by atoms with van der Waals surface area (Å²) in [5.41, 5.74) is -1.61. The lowest BCUT2D eigenvalue weighted by atomic mass is 10.0. The minimum Gasteiger partial charge on any atom is -0.380 e.